The molecule has 0 radical (unpaired) electrons. The molecule has 0 bridgehead atoms. The van der Waals surface area contributed by atoms with Gasteiger partial charge in [-0.2, -0.15) is 0 Å². The number of nitrogens with one attached hydrogen (secondary N) is 1. The van der Waals surface area contributed by atoms with Crippen molar-refractivity contribution in [3.8, 4) is 0 Å². The lowest BCUT2D eigenvalue weighted by atomic mass is 10.2. The second-order valence-electron chi connectivity index (χ2n) is 4.43. The smallest absolute Gasteiger partial charge is 0.240 e. The van der Waals surface area contributed by atoms with Crippen LogP contribution >= 0.6 is 0 Å². The number of rotatable bonds is 3. The van der Waals surface area contributed by atoms with E-state index in [2.05, 4.69) is 5.32 Å². The minimum absolute atomic E-state index is 0.0717. The Kier molecular flexibility index (Phi) is 3.59. The lowest BCUT2D eigenvalue weighted by Crippen LogP contribution is -2.47. The Bertz CT molecular complexity index is 227. The predicted octanol–water partition coefficient (Wildman–Crippen LogP) is 0.376. The van der Waals surface area contributed by atoms with E-state index in [1.54, 1.807) is 7.11 Å². The number of nitrogens with zero attached hydrogens (tertiary/aromatic N) is 1. The zero-order valence-corrected chi connectivity index (χ0v) is 9.37. The first kappa shape index (κ1) is 10.9. The van der Waals surface area contributed by atoms with Crippen LogP contribution in [0.25, 0.3) is 0 Å². The molecule has 0 aliphatic carbocycles. The molecule has 1 N–H and O–H groups in total. The number of amides is 1. The van der Waals surface area contributed by atoms with Crippen LogP contribution < -0.4 is 5.32 Å². The third kappa shape index (κ3) is 2.32. The molecule has 15 heavy (non-hydrogen) atoms. The highest BCUT2D eigenvalue weighted by Crippen LogP contribution is 2.20. The predicted molar refractivity (Wildman–Crippen MR) is 57.6 cm³/mol. The molecule has 2 heterocycles. The zero-order chi connectivity index (χ0) is 10.7. The number of carbonyl (C=O) groups excluding carboxylic acids is 1. The minimum atomic E-state index is 0.0717. The highest BCUT2D eigenvalue weighted by Gasteiger charge is 2.33. The monoisotopic (exact) mass is 212 g/mol. The van der Waals surface area contributed by atoms with Crippen molar-refractivity contribution in [3.63, 3.8) is 0 Å². The number of likely N-dealkylation sites (tertiary alicyclic amines) is 1. The summed E-state index contributed by atoms with van der Waals surface area (Å²) in [6.07, 6.45) is 4.33. The van der Waals surface area contributed by atoms with Crippen LogP contribution in [-0.4, -0.2) is 49.7 Å². The lowest BCUT2D eigenvalue weighted by molar-refractivity contribution is -0.134. The van der Waals surface area contributed by atoms with E-state index < -0.39 is 0 Å². The molecule has 0 unspecified atom stereocenters. The van der Waals surface area contributed by atoms with Crippen molar-refractivity contribution in [2.24, 2.45) is 0 Å². The van der Waals surface area contributed by atoms with Crippen LogP contribution in [0, 0.1) is 0 Å². The summed E-state index contributed by atoms with van der Waals surface area (Å²) in [6, 6.07) is 0.382. The fraction of sp³-hybridized carbons (Fsp3) is 0.909. The van der Waals surface area contributed by atoms with Gasteiger partial charge in [0.15, 0.2) is 0 Å². The van der Waals surface area contributed by atoms with Gasteiger partial charge in [-0.25, -0.2) is 0 Å². The number of hydrogen-bond acceptors (Lipinski definition) is 3. The Morgan fingerprint density at radius 2 is 2.33 bits per heavy atom. The maximum absolute atomic E-state index is 12.1. The highest BCUT2D eigenvalue weighted by molar-refractivity contribution is 5.82. The maximum Gasteiger partial charge on any atom is 0.240 e. The molecule has 4 nitrogen and oxygen atoms in total. The van der Waals surface area contributed by atoms with Gasteiger partial charge in [0.1, 0.15) is 0 Å². The minimum Gasteiger partial charge on any atom is -0.383 e. The van der Waals surface area contributed by atoms with Gasteiger partial charge < -0.3 is 15.0 Å². The van der Waals surface area contributed by atoms with E-state index in [0.29, 0.717) is 12.6 Å². The number of hydrogen-bond donors (Lipinski definition) is 1. The number of carbonyl (C=O) groups is 1. The molecular formula is C11H20N2O2. The van der Waals surface area contributed by atoms with Crippen molar-refractivity contribution in [2.75, 3.05) is 26.8 Å². The summed E-state index contributed by atoms with van der Waals surface area (Å²) in [4.78, 5) is 14.1. The van der Waals surface area contributed by atoms with Crippen molar-refractivity contribution in [1.29, 1.82) is 0 Å². The van der Waals surface area contributed by atoms with Crippen LogP contribution in [0.5, 0.6) is 0 Å². The summed E-state index contributed by atoms with van der Waals surface area (Å²) in [6.45, 7) is 2.57. The first-order chi connectivity index (χ1) is 7.33. The molecule has 2 aliphatic rings. The van der Waals surface area contributed by atoms with Crippen molar-refractivity contribution in [1.82, 2.24) is 10.2 Å². The molecule has 0 saturated carbocycles. The summed E-state index contributed by atoms with van der Waals surface area (Å²) < 4.78 is 5.15. The molecule has 0 spiro atoms. The molecule has 1 amide bonds. The van der Waals surface area contributed by atoms with Crippen LogP contribution in [-0.2, 0) is 9.53 Å². The Morgan fingerprint density at radius 1 is 1.47 bits per heavy atom. The summed E-state index contributed by atoms with van der Waals surface area (Å²) in [5.41, 5.74) is 0. The van der Waals surface area contributed by atoms with Gasteiger partial charge >= 0.3 is 0 Å². The zero-order valence-electron chi connectivity index (χ0n) is 9.37. The molecule has 2 saturated heterocycles. The van der Waals surface area contributed by atoms with E-state index in [-0.39, 0.29) is 11.9 Å². The second-order valence-corrected chi connectivity index (χ2v) is 4.43. The standard InChI is InChI=1S/C11H20N2O2/c1-15-8-9-4-3-7-13(9)11(14)10-5-2-6-12-10/h9-10,12H,2-8H2,1H3/t9-,10+/m1/s1. The van der Waals surface area contributed by atoms with Crippen molar-refractivity contribution in [2.45, 2.75) is 37.8 Å². The number of ether oxygens (including phenoxy) is 1. The van der Waals surface area contributed by atoms with E-state index in [1.165, 1.54) is 0 Å². The van der Waals surface area contributed by atoms with Crippen LogP contribution in [0.1, 0.15) is 25.7 Å². The van der Waals surface area contributed by atoms with Crippen molar-refractivity contribution >= 4 is 5.91 Å². The van der Waals surface area contributed by atoms with Gasteiger partial charge in [0.25, 0.3) is 0 Å². The molecular weight excluding hydrogens is 192 g/mol. The largest absolute Gasteiger partial charge is 0.383 e. The molecule has 0 aromatic rings. The maximum atomic E-state index is 12.1. The lowest BCUT2D eigenvalue weighted by Gasteiger charge is -2.26. The quantitative estimate of drug-likeness (QED) is 0.735. The van der Waals surface area contributed by atoms with E-state index >= 15 is 0 Å². The normalized spacial score (nSPS) is 31.1. The van der Waals surface area contributed by atoms with Gasteiger partial charge in [-0.15, -0.1) is 0 Å². The molecule has 2 aliphatic heterocycles. The molecule has 2 fully saturated rings. The van der Waals surface area contributed by atoms with Crippen LogP contribution in [0.2, 0.25) is 0 Å². The van der Waals surface area contributed by atoms with E-state index in [0.717, 1.165) is 38.8 Å². The van der Waals surface area contributed by atoms with Gasteiger partial charge in [-0.3, -0.25) is 4.79 Å². The van der Waals surface area contributed by atoms with E-state index in [4.69, 9.17) is 4.74 Å². The van der Waals surface area contributed by atoms with E-state index in [9.17, 15) is 4.79 Å². The fourth-order valence-corrected chi connectivity index (χ4v) is 2.59. The molecule has 0 aromatic carbocycles. The van der Waals surface area contributed by atoms with Crippen molar-refractivity contribution in [3.05, 3.63) is 0 Å². The van der Waals surface area contributed by atoms with Gasteiger partial charge in [-0.1, -0.05) is 0 Å². The fourth-order valence-electron chi connectivity index (χ4n) is 2.59. The topological polar surface area (TPSA) is 41.6 Å². The summed E-state index contributed by atoms with van der Waals surface area (Å²) >= 11 is 0. The van der Waals surface area contributed by atoms with Crippen molar-refractivity contribution < 1.29 is 9.53 Å². The summed E-state index contributed by atoms with van der Waals surface area (Å²) in [5, 5.41) is 3.26. The Labute approximate surface area is 91.0 Å². The Morgan fingerprint density at radius 3 is 3.00 bits per heavy atom. The first-order valence-corrected chi connectivity index (χ1v) is 5.85. The van der Waals surface area contributed by atoms with Gasteiger partial charge in [0.2, 0.25) is 5.91 Å². The van der Waals surface area contributed by atoms with Gasteiger partial charge in [-0.05, 0) is 32.2 Å². The van der Waals surface area contributed by atoms with Crippen LogP contribution in [0.4, 0.5) is 0 Å². The number of methoxy groups -OCH3 is 1. The SMILES string of the molecule is COC[C@H]1CCCN1C(=O)[C@@H]1CCCN1. The molecule has 86 valence electrons. The third-order valence-electron chi connectivity index (χ3n) is 3.38. The Balaban J connectivity index is 1.92. The molecule has 0 aromatic heterocycles. The molecule has 2 atom stereocenters. The average Bonchev–Trinajstić information content (AvgIpc) is 2.87. The van der Waals surface area contributed by atoms with E-state index in [1.807, 2.05) is 4.90 Å². The van der Waals surface area contributed by atoms with Gasteiger partial charge in [0.05, 0.1) is 18.7 Å². The second kappa shape index (κ2) is 4.94. The van der Waals surface area contributed by atoms with Crippen LogP contribution in [0.15, 0.2) is 0 Å². The van der Waals surface area contributed by atoms with Crippen LogP contribution in [0.3, 0.4) is 0 Å². The summed E-state index contributed by atoms with van der Waals surface area (Å²) in [7, 11) is 1.70. The first-order valence-electron chi connectivity index (χ1n) is 5.85. The molecule has 2 rings (SSSR count). The van der Waals surface area contributed by atoms with Gasteiger partial charge in [0, 0.05) is 13.7 Å². The average molecular weight is 212 g/mol. The highest BCUT2D eigenvalue weighted by atomic mass is 16.5. The third-order valence-corrected chi connectivity index (χ3v) is 3.38. The molecule has 4 heteroatoms. The Hall–Kier alpha value is -0.610. The summed E-state index contributed by atoms with van der Waals surface area (Å²) in [5.74, 6) is 0.284.